The maximum absolute atomic E-state index is 11.2. The maximum atomic E-state index is 11.2. The summed E-state index contributed by atoms with van der Waals surface area (Å²) in [5.74, 6) is -0.295. The molecule has 0 aliphatic carbocycles. The fourth-order valence-corrected chi connectivity index (χ4v) is 2.31. The Kier molecular flexibility index (Phi) is 13.6. The van der Waals surface area contributed by atoms with Crippen LogP contribution in [0.25, 0.3) is 0 Å². The number of hydrogen-bond acceptors (Lipinski definition) is 3. The van der Waals surface area contributed by atoms with Gasteiger partial charge >= 0.3 is 5.97 Å². The number of ether oxygens (including phenoxy) is 2. The molecule has 0 amide bonds. The Morgan fingerprint density at radius 3 is 2.14 bits per heavy atom. The largest absolute Gasteiger partial charge is 0.462 e. The first-order chi connectivity index (χ1) is 10.1. The highest BCUT2D eigenvalue weighted by molar-refractivity contribution is 5.86. The fourth-order valence-electron chi connectivity index (χ4n) is 2.31. The highest BCUT2D eigenvalue weighted by atomic mass is 16.5. The lowest BCUT2D eigenvalue weighted by atomic mass is 10.0. The summed E-state index contributed by atoms with van der Waals surface area (Å²) in [6, 6.07) is 0. The molecule has 0 saturated heterocycles. The molecule has 0 fully saturated rings. The topological polar surface area (TPSA) is 35.5 Å². The molecular formula is C18H34O3. The van der Waals surface area contributed by atoms with Crippen LogP contribution >= 0.6 is 0 Å². The summed E-state index contributed by atoms with van der Waals surface area (Å²) in [5, 5.41) is 0. The molecule has 0 aliphatic rings. The van der Waals surface area contributed by atoms with Crippen molar-refractivity contribution in [2.45, 2.75) is 84.2 Å². The van der Waals surface area contributed by atoms with Crippen molar-refractivity contribution in [1.82, 2.24) is 0 Å². The highest BCUT2D eigenvalue weighted by Crippen LogP contribution is 2.14. The second-order valence-electron chi connectivity index (χ2n) is 5.83. The van der Waals surface area contributed by atoms with Gasteiger partial charge < -0.3 is 9.47 Å². The number of carbonyl (C=O) groups excluding carboxylic acids is 1. The molecule has 0 heterocycles. The first kappa shape index (κ1) is 20.2. The Balaban J connectivity index is 3.49. The van der Waals surface area contributed by atoms with Crippen molar-refractivity contribution in [2.24, 2.45) is 0 Å². The van der Waals surface area contributed by atoms with Crippen molar-refractivity contribution in [1.29, 1.82) is 0 Å². The molecular weight excluding hydrogens is 264 g/mol. The first-order valence-corrected chi connectivity index (χ1v) is 8.47. The molecule has 0 spiro atoms. The van der Waals surface area contributed by atoms with E-state index in [0.29, 0.717) is 18.3 Å². The van der Waals surface area contributed by atoms with Gasteiger partial charge in [0, 0.05) is 12.7 Å². The zero-order chi connectivity index (χ0) is 15.9. The third-order valence-electron chi connectivity index (χ3n) is 3.72. The van der Waals surface area contributed by atoms with Crippen molar-refractivity contribution in [3.05, 3.63) is 12.2 Å². The lowest BCUT2D eigenvalue weighted by Gasteiger charge is -2.15. The van der Waals surface area contributed by atoms with Gasteiger partial charge in [0.15, 0.2) is 0 Å². The van der Waals surface area contributed by atoms with Gasteiger partial charge in [-0.1, -0.05) is 58.4 Å². The summed E-state index contributed by atoms with van der Waals surface area (Å²) in [7, 11) is 1.77. The predicted molar refractivity (Wildman–Crippen MR) is 88.4 cm³/mol. The molecule has 0 aromatic heterocycles. The van der Waals surface area contributed by atoms with E-state index >= 15 is 0 Å². The fraction of sp³-hybridized carbons (Fsp3) is 0.833. The van der Waals surface area contributed by atoms with Crippen LogP contribution in [-0.4, -0.2) is 25.8 Å². The monoisotopic (exact) mass is 298 g/mol. The maximum Gasteiger partial charge on any atom is 0.333 e. The Morgan fingerprint density at radius 1 is 1.00 bits per heavy atom. The number of methoxy groups -OCH3 is 1. The van der Waals surface area contributed by atoms with Gasteiger partial charge in [0.25, 0.3) is 0 Å². The quantitative estimate of drug-likeness (QED) is 0.256. The minimum absolute atomic E-state index is 0.295. The summed E-state index contributed by atoms with van der Waals surface area (Å²) in [6.07, 6.45) is 12.5. The Labute approximate surface area is 131 Å². The van der Waals surface area contributed by atoms with Crippen molar-refractivity contribution in [3.8, 4) is 0 Å². The third-order valence-corrected chi connectivity index (χ3v) is 3.72. The van der Waals surface area contributed by atoms with Crippen LogP contribution < -0.4 is 0 Å². The molecule has 0 aliphatic heterocycles. The Bertz CT molecular complexity index is 274. The minimum atomic E-state index is -0.295. The van der Waals surface area contributed by atoms with E-state index in [1.165, 1.54) is 44.9 Å². The highest BCUT2D eigenvalue weighted by Gasteiger charge is 2.08. The number of carbonyl (C=O) groups is 1. The predicted octanol–water partition coefficient (Wildman–Crippen LogP) is 5.04. The first-order valence-electron chi connectivity index (χ1n) is 8.47. The lowest BCUT2D eigenvalue weighted by molar-refractivity contribution is -0.139. The van der Waals surface area contributed by atoms with Crippen molar-refractivity contribution < 1.29 is 14.3 Å². The summed E-state index contributed by atoms with van der Waals surface area (Å²) in [5.41, 5.74) is 0.460. The molecule has 21 heavy (non-hydrogen) atoms. The second-order valence-corrected chi connectivity index (χ2v) is 5.83. The van der Waals surface area contributed by atoms with E-state index in [1.54, 1.807) is 14.0 Å². The Morgan fingerprint density at radius 2 is 1.57 bits per heavy atom. The van der Waals surface area contributed by atoms with Crippen molar-refractivity contribution in [3.63, 3.8) is 0 Å². The van der Waals surface area contributed by atoms with Crippen molar-refractivity contribution >= 4 is 5.97 Å². The van der Waals surface area contributed by atoms with Crippen molar-refractivity contribution in [2.75, 3.05) is 13.7 Å². The van der Waals surface area contributed by atoms with Gasteiger partial charge in [-0.25, -0.2) is 4.79 Å². The normalized spacial score (nSPS) is 12.1. The number of hydrogen-bond donors (Lipinski definition) is 0. The summed E-state index contributed by atoms with van der Waals surface area (Å²) in [4.78, 5) is 11.2. The van der Waals surface area contributed by atoms with E-state index in [9.17, 15) is 4.79 Å². The SMILES string of the molecule is C=C(C)C(=O)OCCCC(CCCCCCCCC)OC. The molecule has 0 saturated carbocycles. The molecule has 3 heteroatoms. The van der Waals surface area contributed by atoms with E-state index in [1.807, 2.05) is 0 Å². The van der Waals surface area contributed by atoms with Crippen LogP contribution in [0.15, 0.2) is 12.2 Å². The lowest BCUT2D eigenvalue weighted by Crippen LogP contribution is -2.13. The van der Waals surface area contributed by atoms with Gasteiger partial charge in [-0.3, -0.25) is 0 Å². The summed E-state index contributed by atoms with van der Waals surface area (Å²) in [6.45, 7) is 7.94. The molecule has 0 rings (SSSR count). The molecule has 0 N–H and O–H groups in total. The Hall–Kier alpha value is -0.830. The van der Waals surface area contributed by atoms with E-state index in [-0.39, 0.29) is 5.97 Å². The number of rotatable bonds is 14. The second kappa shape index (κ2) is 14.1. The van der Waals surface area contributed by atoms with Crippen LogP contribution in [0.1, 0.15) is 78.1 Å². The average molecular weight is 298 g/mol. The summed E-state index contributed by atoms with van der Waals surface area (Å²) >= 11 is 0. The number of unbranched alkanes of at least 4 members (excludes halogenated alkanes) is 6. The van der Waals surface area contributed by atoms with Crippen LogP contribution in [-0.2, 0) is 14.3 Å². The number of esters is 1. The van der Waals surface area contributed by atoms with Gasteiger partial charge in [-0.2, -0.15) is 0 Å². The van der Waals surface area contributed by atoms with Gasteiger partial charge in [0.2, 0.25) is 0 Å². The molecule has 0 aromatic carbocycles. The van der Waals surface area contributed by atoms with E-state index in [2.05, 4.69) is 13.5 Å². The molecule has 0 radical (unpaired) electrons. The minimum Gasteiger partial charge on any atom is -0.462 e. The zero-order valence-corrected chi connectivity index (χ0v) is 14.3. The van der Waals surface area contributed by atoms with E-state index in [0.717, 1.165) is 19.3 Å². The molecule has 1 atom stereocenters. The zero-order valence-electron chi connectivity index (χ0n) is 14.3. The van der Waals surface area contributed by atoms with Crippen LogP contribution in [0.4, 0.5) is 0 Å². The molecule has 0 bridgehead atoms. The standard InChI is InChI=1S/C18H34O3/c1-5-6-7-8-9-10-11-13-17(20-4)14-12-15-21-18(19)16(2)3/h17H,2,5-15H2,1,3-4H3. The van der Waals surface area contributed by atoms with Gasteiger partial charge in [-0.15, -0.1) is 0 Å². The van der Waals surface area contributed by atoms with Gasteiger partial charge in [-0.05, 0) is 26.2 Å². The molecule has 1 unspecified atom stereocenters. The van der Waals surface area contributed by atoms with Crippen LogP contribution in [0.3, 0.4) is 0 Å². The summed E-state index contributed by atoms with van der Waals surface area (Å²) < 4.78 is 10.6. The van der Waals surface area contributed by atoms with E-state index in [4.69, 9.17) is 9.47 Å². The van der Waals surface area contributed by atoms with Crippen LogP contribution in [0.2, 0.25) is 0 Å². The molecule has 3 nitrogen and oxygen atoms in total. The van der Waals surface area contributed by atoms with Gasteiger partial charge in [0.05, 0.1) is 12.7 Å². The molecule has 0 aromatic rings. The van der Waals surface area contributed by atoms with Crippen LogP contribution in [0.5, 0.6) is 0 Å². The molecule has 124 valence electrons. The van der Waals surface area contributed by atoms with Gasteiger partial charge in [0.1, 0.15) is 0 Å². The smallest absolute Gasteiger partial charge is 0.333 e. The average Bonchev–Trinajstić information content (AvgIpc) is 2.47. The van der Waals surface area contributed by atoms with Crippen LogP contribution in [0, 0.1) is 0 Å². The third kappa shape index (κ3) is 12.6. The van der Waals surface area contributed by atoms with E-state index < -0.39 is 0 Å².